The van der Waals surface area contributed by atoms with Gasteiger partial charge < -0.3 is 14.6 Å². The lowest BCUT2D eigenvalue weighted by Crippen LogP contribution is -2.35. The van der Waals surface area contributed by atoms with Gasteiger partial charge in [-0.05, 0) is 43.2 Å². The number of hydrogen-bond donors (Lipinski definition) is 1. The second kappa shape index (κ2) is 6.60. The summed E-state index contributed by atoms with van der Waals surface area (Å²) in [6.07, 6.45) is 3.07. The quantitative estimate of drug-likeness (QED) is 0.930. The molecule has 7 heteroatoms. The third-order valence-electron chi connectivity index (χ3n) is 3.81. The van der Waals surface area contributed by atoms with Gasteiger partial charge in [-0.3, -0.25) is 4.79 Å². The predicted octanol–water partition coefficient (Wildman–Crippen LogP) is 1.65. The van der Waals surface area contributed by atoms with Gasteiger partial charge in [0.2, 0.25) is 0 Å². The van der Waals surface area contributed by atoms with E-state index in [0.717, 1.165) is 12.8 Å². The fourth-order valence-electron chi connectivity index (χ4n) is 2.72. The summed E-state index contributed by atoms with van der Waals surface area (Å²) in [6, 6.07) is 7.04. The average Bonchev–Trinajstić information content (AvgIpc) is 3.04. The minimum Gasteiger partial charge on any atom is -0.484 e. The molecule has 6 nitrogen and oxygen atoms in total. The van der Waals surface area contributed by atoms with E-state index in [-0.39, 0.29) is 24.4 Å². The highest BCUT2D eigenvalue weighted by molar-refractivity contribution is 5.78. The SMILES string of the molecule is O=C(COc1ccc(F)cc1)N1CCCC1c1ccnc(=O)[nH]1. The number of aromatic nitrogens is 2. The number of carbonyl (C=O) groups excluding carboxylic acids is 1. The Balaban J connectivity index is 1.66. The molecule has 0 saturated carbocycles. The monoisotopic (exact) mass is 317 g/mol. The molecule has 1 aromatic heterocycles. The lowest BCUT2D eigenvalue weighted by atomic mass is 10.1. The van der Waals surface area contributed by atoms with Crippen LogP contribution in [0.2, 0.25) is 0 Å². The molecule has 0 bridgehead atoms. The molecule has 1 unspecified atom stereocenters. The predicted molar refractivity (Wildman–Crippen MR) is 80.4 cm³/mol. The van der Waals surface area contributed by atoms with E-state index in [1.165, 1.54) is 30.5 Å². The Labute approximate surface area is 131 Å². The molecule has 1 aliphatic rings. The van der Waals surface area contributed by atoms with E-state index in [0.29, 0.717) is 18.0 Å². The molecule has 1 amide bonds. The molecule has 1 fully saturated rings. The number of likely N-dealkylation sites (tertiary alicyclic amines) is 1. The zero-order valence-electron chi connectivity index (χ0n) is 12.4. The van der Waals surface area contributed by atoms with Crippen LogP contribution in [0, 0.1) is 5.82 Å². The fraction of sp³-hybridized carbons (Fsp3) is 0.312. The number of benzene rings is 1. The fourth-order valence-corrected chi connectivity index (χ4v) is 2.72. The highest BCUT2D eigenvalue weighted by Gasteiger charge is 2.30. The van der Waals surface area contributed by atoms with Crippen LogP contribution in [0.5, 0.6) is 5.75 Å². The largest absolute Gasteiger partial charge is 0.484 e. The molecular formula is C16H16FN3O3. The number of hydrogen-bond acceptors (Lipinski definition) is 4. The van der Waals surface area contributed by atoms with Crippen LogP contribution in [0.1, 0.15) is 24.6 Å². The highest BCUT2D eigenvalue weighted by atomic mass is 19.1. The van der Waals surface area contributed by atoms with Crippen molar-refractivity contribution in [2.24, 2.45) is 0 Å². The molecule has 0 aliphatic carbocycles. The van der Waals surface area contributed by atoms with Crippen molar-refractivity contribution in [2.45, 2.75) is 18.9 Å². The average molecular weight is 317 g/mol. The molecule has 1 saturated heterocycles. The molecule has 2 heterocycles. The van der Waals surface area contributed by atoms with Crippen molar-refractivity contribution >= 4 is 5.91 Å². The number of halogens is 1. The van der Waals surface area contributed by atoms with Crippen LogP contribution in [0.25, 0.3) is 0 Å². The van der Waals surface area contributed by atoms with Crippen LogP contribution in [0.4, 0.5) is 4.39 Å². The molecule has 1 aromatic carbocycles. The maximum atomic E-state index is 12.8. The molecule has 0 radical (unpaired) electrons. The smallest absolute Gasteiger partial charge is 0.345 e. The molecule has 1 aliphatic heterocycles. The van der Waals surface area contributed by atoms with E-state index in [2.05, 4.69) is 9.97 Å². The van der Waals surface area contributed by atoms with Crippen LogP contribution in [-0.2, 0) is 4.79 Å². The minimum atomic E-state index is -0.427. The number of aromatic amines is 1. The Hall–Kier alpha value is -2.70. The van der Waals surface area contributed by atoms with Crippen molar-refractivity contribution in [3.63, 3.8) is 0 Å². The van der Waals surface area contributed by atoms with Crippen LogP contribution >= 0.6 is 0 Å². The van der Waals surface area contributed by atoms with Gasteiger partial charge in [0.15, 0.2) is 6.61 Å². The third kappa shape index (κ3) is 3.56. The van der Waals surface area contributed by atoms with Crippen LogP contribution < -0.4 is 10.4 Å². The Morgan fingerprint density at radius 2 is 2.13 bits per heavy atom. The molecule has 0 spiro atoms. The van der Waals surface area contributed by atoms with Crippen molar-refractivity contribution in [3.8, 4) is 5.75 Å². The van der Waals surface area contributed by atoms with Crippen molar-refractivity contribution in [1.82, 2.24) is 14.9 Å². The first-order valence-electron chi connectivity index (χ1n) is 7.36. The summed E-state index contributed by atoms with van der Waals surface area (Å²) >= 11 is 0. The summed E-state index contributed by atoms with van der Waals surface area (Å²) < 4.78 is 18.2. The van der Waals surface area contributed by atoms with Gasteiger partial charge in [-0.25, -0.2) is 14.2 Å². The van der Waals surface area contributed by atoms with E-state index in [9.17, 15) is 14.0 Å². The minimum absolute atomic E-state index is 0.128. The summed E-state index contributed by atoms with van der Waals surface area (Å²) in [5, 5.41) is 0. The molecule has 1 N–H and O–H groups in total. The molecule has 3 rings (SSSR count). The van der Waals surface area contributed by atoms with Gasteiger partial charge in [0.05, 0.1) is 6.04 Å². The summed E-state index contributed by atoms with van der Waals surface area (Å²) in [6.45, 7) is 0.484. The topological polar surface area (TPSA) is 75.3 Å². The maximum absolute atomic E-state index is 12.8. The van der Waals surface area contributed by atoms with Gasteiger partial charge in [-0.1, -0.05) is 0 Å². The summed E-state index contributed by atoms with van der Waals surface area (Å²) in [4.78, 5) is 31.7. The summed E-state index contributed by atoms with van der Waals surface area (Å²) in [5.74, 6) is -0.0905. The van der Waals surface area contributed by atoms with Gasteiger partial charge in [-0.2, -0.15) is 0 Å². The number of nitrogens with one attached hydrogen (secondary N) is 1. The number of amides is 1. The molecular weight excluding hydrogens is 301 g/mol. The second-order valence-corrected chi connectivity index (χ2v) is 5.32. The standard InChI is InChI=1S/C16H16FN3O3/c17-11-3-5-12(6-4-11)23-10-15(21)20-9-1-2-14(20)13-7-8-18-16(22)19-13/h3-8,14H,1-2,9-10H2,(H,18,19,22). The van der Waals surface area contributed by atoms with E-state index in [4.69, 9.17) is 4.74 Å². The van der Waals surface area contributed by atoms with Crippen molar-refractivity contribution in [3.05, 3.63) is 58.5 Å². The summed E-state index contributed by atoms with van der Waals surface area (Å²) in [7, 11) is 0. The van der Waals surface area contributed by atoms with Crippen LogP contribution in [0.3, 0.4) is 0 Å². The number of ether oxygens (including phenoxy) is 1. The van der Waals surface area contributed by atoms with E-state index < -0.39 is 5.69 Å². The lowest BCUT2D eigenvalue weighted by molar-refractivity contribution is -0.134. The van der Waals surface area contributed by atoms with Gasteiger partial charge in [-0.15, -0.1) is 0 Å². The van der Waals surface area contributed by atoms with Crippen molar-refractivity contribution in [2.75, 3.05) is 13.2 Å². The zero-order chi connectivity index (χ0) is 16.2. The third-order valence-corrected chi connectivity index (χ3v) is 3.81. The summed E-state index contributed by atoms with van der Waals surface area (Å²) in [5.41, 5.74) is 0.252. The van der Waals surface area contributed by atoms with Crippen LogP contribution in [-0.4, -0.2) is 33.9 Å². The number of carbonyl (C=O) groups is 1. The van der Waals surface area contributed by atoms with E-state index in [1.54, 1.807) is 11.0 Å². The first-order valence-corrected chi connectivity index (χ1v) is 7.36. The van der Waals surface area contributed by atoms with Gasteiger partial charge in [0.25, 0.3) is 5.91 Å². The number of rotatable bonds is 4. The second-order valence-electron chi connectivity index (χ2n) is 5.32. The Morgan fingerprint density at radius 3 is 2.87 bits per heavy atom. The van der Waals surface area contributed by atoms with Crippen molar-refractivity contribution in [1.29, 1.82) is 0 Å². The molecule has 1 atom stereocenters. The van der Waals surface area contributed by atoms with Crippen molar-refractivity contribution < 1.29 is 13.9 Å². The van der Waals surface area contributed by atoms with Gasteiger partial charge >= 0.3 is 5.69 Å². The first-order chi connectivity index (χ1) is 11.1. The zero-order valence-corrected chi connectivity index (χ0v) is 12.4. The molecule has 2 aromatic rings. The Kier molecular flexibility index (Phi) is 4.36. The highest BCUT2D eigenvalue weighted by Crippen LogP contribution is 2.30. The van der Waals surface area contributed by atoms with E-state index in [1.807, 2.05) is 0 Å². The van der Waals surface area contributed by atoms with Gasteiger partial charge in [0, 0.05) is 18.4 Å². The Morgan fingerprint density at radius 1 is 1.35 bits per heavy atom. The molecule has 23 heavy (non-hydrogen) atoms. The van der Waals surface area contributed by atoms with Crippen LogP contribution in [0.15, 0.2) is 41.3 Å². The first kappa shape index (κ1) is 15.2. The maximum Gasteiger partial charge on any atom is 0.345 e. The van der Waals surface area contributed by atoms with E-state index >= 15 is 0 Å². The number of H-pyrrole nitrogens is 1. The van der Waals surface area contributed by atoms with Gasteiger partial charge in [0.1, 0.15) is 11.6 Å². The normalized spacial score (nSPS) is 17.3. The Bertz CT molecular complexity index is 745. The molecule has 120 valence electrons. The number of nitrogens with zero attached hydrogens (tertiary/aromatic N) is 2. The lowest BCUT2D eigenvalue weighted by Gasteiger charge is -2.24.